The van der Waals surface area contributed by atoms with Crippen molar-refractivity contribution in [1.29, 1.82) is 0 Å². The minimum Gasteiger partial charge on any atom is -0.424 e. The molecule has 0 aromatic heterocycles. The Balaban J connectivity index is 3.13. The van der Waals surface area contributed by atoms with Gasteiger partial charge in [-0.05, 0) is 6.92 Å². The zero-order chi connectivity index (χ0) is 18.8. The van der Waals surface area contributed by atoms with E-state index in [4.69, 9.17) is 0 Å². The fourth-order valence-corrected chi connectivity index (χ4v) is 1.40. The van der Waals surface area contributed by atoms with Crippen LogP contribution in [0.1, 0.15) is 19.4 Å². The monoisotopic (exact) mass is 360 g/mol. The molecule has 10 heteroatoms. The molecule has 134 valence electrons. The number of carbonyl (C=O) groups excluding carboxylic acids is 1. The van der Waals surface area contributed by atoms with Crippen molar-refractivity contribution in [3.05, 3.63) is 46.8 Å². The molecule has 0 radical (unpaired) electrons. The summed E-state index contributed by atoms with van der Waals surface area (Å²) in [5, 5.41) is 0. The lowest BCUT2D eigenvalue weighted by Crippen LogP contribution is -2.42. The highest BCUT2D eigenvalue weighted by molar-refractivity contribution is 5.87. The summed E-state index contributed by atoms with van der Waals surface area (Å²) < 4.78 is 101. The van der Waals surface area contributed by atoms with Crippen LogP contribution < -0.4 is 0 Å². The quantitative estimate of drug-likeness (QED) is 0.192. The van der Waals surface area contributed by atoms with Crippen molar-refractivity contribution in [2.24, 2.45) is 0 Å². The summed E-state index contributed by atoms with van der Waals surface area (Å²) >= 11 is 0. The maximum Gasteiger partial charge on any atom is 0.335 e. The Hall–Kier alpha value is -2.10. The minimum absolute atomic E-state index is 0.276. The first-order valence-electron chi connectivity index (χ1n) is 6.23. The van der Waals surface area contributed by atoms with Crippen LogP contribution in [0.5, 0.6) is 0 Å². The van der Waals surface area contributed by atoms with E-state index in [1.807, 2.05) is 0 Å². The van der Waals surface area contributed by atoms with Crippen LogP contribution in [0.25, 0.3) is 0 Å². The van der Waals surface area contributed by atoms with Crippen LogP contribution in [0.15, 0.2) is 12.2 Å². The summed E-state index contributed by atoms with van der Waals surface area (Å²) in [7, 11) is 0. The Labute approximate surface area is 131 Å². The molecule has 1 aromatic carbocycles. The molecule has 1 rings (SSSR count). The summed E-state index contributed by atoms with van der Waals surface area (Å²) in [6, 6.07) is 0. The largest absolute Gasteiger partial charge is 0.424 e. The highest BCUT2D eigenvalue weighted by Crippen LogP contribution is 2.28. The van der Waals surface area contributed by atoms with Gasteiger partial charge in [-0.1, -0.05) is 6.58 Å². The second kappa shape index (κ2) is 7.20. The Morgan fingerprint density at radius 3 is 1.83 bits per heavy atom. The average Bonchev–Trinajstić information content (AvgIpc) is 2.50. The lowest BCUT2D eigenvalue weighted by atomic mass is 10.1. The summed E-state index contributed by atoms with van der Waals surface area (Å²) in [4.78, 5) is 11.3. The molecule has 0 saturated carbocycles. The molecule has 1 aromatic rings. The Bertz CT molecular complexity index is 646. The van der Waals surface area contributed by atoms with Crippen molar-refractivity contribution < 1.29 is 45.0 Å². The highest BCUT2D eigenvalue weighted by atomic mass is 19.3. The smallest absolute Gasteiger partial charge is 0.335 e. The molecule has 0 amide bonds. The fourth-order valence-electron chi connectivity index (χ4n) is 1.40. The first kappa shape index (κ1) is 19.9. The second-order valence-electron chi connectivity index (χ2n) is 4.82. The molecule has 24 heavy (non-hydrogen) atoms. The number of hydrogen-bond donors (Lipinski definition) is 0. The van der Waals surface area contributed by atoms with Gasteiger partial charge in [-0.15, -0.1) is 0 Å². The maximum atomic E-state index is 13.5. The molecule has 0 aliphatic heterocycles. The highest BCUT2D eigenvalue weighted by Gasteiger charge is 2.41. The van der Waals surface area contributed by atoms with Gasteiger partial charge in [-0.2, -0.15) is 0 Å². The summed E-state index contributed by atoms with van der Waals surface area (Å²) in [5.41, 5.74) is -1.76. The van der Waals surface area contributed by atoms with Crippen LogP contribution >= 0.6 is 0 Å². The molecule has 1 unspecified atom stereocenters. The predicted molar refractivity (Wildman–Crippen MR) is 66.3 cm³/mol. The number of alkyl halides is 2. The van der Waals surface area contributed by atoms with Crippen molar-refractivity contribution in [2.75, 3.05) is 0 Å². The molecule has 0 fully saturated rings. The Morgan fingerprint density at radius 2 is 1.46 bits per heavy atom. The van der Waals surface area contributed by atoms with E-state index < -0.39 is 59.4 Å². The number of hydrogen-bond acceptors (Lipinski definition) is 3. The number of esters is 1. The Morgan fingerprint density at radius 1 is 1.04 bits per heavy atom. The number of rotatable bonds is 6. The van der Waals surface area contributed by atoms with Gasteiger partial charge in [-0.25, -0.2) is 35.5 Å². The zero-order valence-electron chi connectivity index (χ0n) is 12.4. The van der Waals surface area contributed by atoms with Gasteiger partial charge >= 0.3 is 12.4 Å². The maximum absolute atomic E-state index is 13.5. The summed E-state index contributed by atoms with van der Waals surface area (Å²) in [6.45, 7) is 3.38. The van der Waals surface area contributed by atoms with Gasteiger partial charge < -0.3 is 9.47 Å². The molecular formula is C14H11F7O3. The molecule has 3 nitrogen and oxygen atoms in total. The molecule has 0 aliphatic rings. The molecule has 0 heterocycles. The fraction of sp³-hybridized carbons (Fsp3) is 0.357. The van der Waals surface area contributed by atoms with Gasteiger partial charge in [0.1, 0.15) is 0 Å². The molecule has 1 atom stereocenters. The second-order valence-corrected chi connectivity index (χ2v) is 4.82. The van der Waals surface area contributed by atoms with Gasteiger partial charge in [0.25, 0.3) is 5.79 Å². The molecular weight excluding hydrogens is 349 g/mol. The van der Waals surface area contributed by atoms with Gasteiger partial charge in [0.15, 0.2) is 23.3 Å². The van der Waals surface area contributed by atoms with Crippen LogP contribution in [0, 0.1) is 29.1 Å². The van der Waals surface area contributed by atoms with Gasteiger partial charge in [0.2, 0.25) is 5.82 Å². The first-order valence-corrected chi connectivity index (χ1v) is 6.23. The van der Waals surface area contributed by atoms with E-state index in [2.05, 4.69) is 16.1 Å². The average molecular weight is 360 g/mol. The van der Waals surface area contributed by atoms with Crippen LogP contribution in [0.2, 0.25) is 0 Å². The SMILES string of the molecule is C=C(C)C(=O)OC(C)(OCc1c(F)c(F)c(F)c(F)c1F)C(F)F. The van der Waals surface area contributed by atoms with Crippen molar-refractivity contribution in [1.82, 2.24) is 0 Å². The van der Waals surface area contributed by atoms with Gasteiger partial charge in [-0.3, -0.25) is 0 Å². The number of benzene rings is 1. The number of carbonyl (C=O) groups is 1. The third-order valence-corrected chi connectivity index (χ3v) is 2.84. The van der Waals surface area contributed by atoms with Crippen LogP contribution in [0.4, 0.5) is 30.7 Å². The number of halogens is 7. The molecule has 0 bridgehead atoms. The lowest BCUT2D eigenvalue weighted by Gasteiger charge is -2.28. The van der Waals surface area contributed by atoms with E-state index in [0.29, 0.717) is 6.92 Å². The Kier molecular flexibility index (Phi) is 5.99. The molecule has 0 aliphatic carbocycles. The molecule has 0 saturated heterocycles. The van der Waals surface area contributed by atoms with Crippen molar-refractivity contribution in [3.8, 4) is 0 Å². The third kappa shape index (κ3) is 3.86. The first-order chi connectivity index (χ1) is 10.9. The summed E-state index contributed by atoms with van der Waals surface area (Å²) in [5.74, 6) is -15.7. The molecule has 0 N–H and O–H groups in total. The van der Waals surface area contributed by atoms with Crippen molar-refractivity contribution in [3.63, 3.8) is 0 Å². The van der Waals surface area contributed by atoms with Crippen LogP contribution in [0.3, 0.4) is 0 Å². The third-order valence-electron chi connectivity index (χ3n) is 2.84. The predicted octanol–water partition coefficient (Wildman–Crippen LogP) is 4.00. The van der Waals surface area contributed by atoms with Crippen molar-refractivity contribution >= 4 is 5.97 Å². The van der Waals surface area contributed by atoms with Gasteiger partial charge in [0.05, 0.1) is 12.2 Å². The van der Waals surface area contributed by atoms with E-state index in [0.717, 1.165) is 6.92 Å². The van der Waals surface area contributed by atoms with E-state index in [9.17, 15) is 35.5 Å². The minimum atomic E-state index is -3.48. The topological polar surface area (TPSA) is 35.5 Å². The van der Waals surface area contributed by atoms with E-state index >= 15 is 0 Å². The van der Waals surface area contributed by atoms with E-state index in [-0.39, 0.29) is 5.57 Å². The van der Waals surface area contributed by atoms with E-state index in [1.54, 1.807) is 0 Å². The van der Waals surface area contributed by atoms with Crippen LogP contribution in [-0.2, 0) is 20.9 Å². The zero-order valence-corrected chi connectivity index (χ0v) is 12.4. The van der Waals surface area contributed by atoms with Gasteiger partial charge in [0, 0.05) is 12.5 Å². The standard InChI is InChI=1S/C14H11F7O3/c1-5(2)12(22)24-14(3,13(20)21)23-4-6-7(15)9(17)11(19)10(18)8(6)16/h13H,1,4H2,2-3H3. The van der Waals surface area contributed by atoms with E-state index in [1.165, 1.54) is 0 Å². The summed E-state index contributed by atoms with van der Waals surface area (Å²) in [6.07, 6.45) is -3.48. The number of ether oxygens (including phenoxy) is 2. The van der Waals surface area contributed by atoms with Crippen molar-refractivity contribution in [2.45, 2.75) is 32.7 Å². The molecule has 0 spiro atoms. The normalized spacial score (nSPS) is 13.8. The lowest BCUT2D eigenvalue weighted by molar-refractivity contribution is -0.274. The van der Waals surface area contributed by atoms with Crippen LogP contribution in [-0.4, -0.2) is 18.2 Å².